The van der Waals surface area contributed by atoms with Crippen molar-refractivity contribution in [2.75, 3.05) is 13.3 Å². The molecule has 14 heavy (non-hydrogen) atoms. The largest absolute Gasteiger partial charge is 0.454 e. The molecule has 0 bridgehead atoms. The zero-order valence-electron chi connectivity index (χ0n) is 8.54. The van der Waals surface area contributed by atoms with Gasteiger partial charge in [-0.25, -0.2) is 0 Å². The molecule has 0 aromatic heterocycles. The first-order chi connectivity index (χ1) is 6.81. The Kier molecular flexibility index (Phi) is 2.59. The van der Waals surface area contributed by atoms with Crippen LogP contribution in [-0.2, 0) is 0 Å². The van der Waals surface area contributed by atoms with Gasteiger partial charge in [-0.15, -0.1) is 0 Å². The summed E-state index contributed by atoms with van der Waals surface area (Å²) < 4.78 is 10.6. The third-order valence-electron chi connectivity index (χ3n) is 2.41. The number of nitrogens with one attached hydrogen (secondary N) is 1. The molecule has 0 saturated carbocycles. The molecule has 1 aromatic carbocycles. The minimum absolute atomic E-state index is 0.342. The fraction of sp³-hybridized carbons (Fsp3) is 0.455. The van der Waals surface area contributed by atoms with Gasteiger partial charge < -0.3 is 14.8 Å². The molecule has 1 N–H and O–H groups in total. The monoisotopic (exact) mass is 193 g/mol. The van der Waals surface area contributed by atoms with Crippen molar-refractivity contribution in [3.63, 3.8) is 0 Å². The van der Waals surface area contributed by atoms with Gasteiger partial charge in [0.15, 0.2) is 11.5 Å². The van der Waals surface area contributed by atoms with Gasteiger partial charge in [-0.2, -0.15) is 0 Å². The summed E-state index contributed by atoms with van der Waals surface area (Å²) in [5.41, 5.74) is 1.23. The fourth-order valence-corrected chi connectivity index (χ4v) is 1.61. The Morgan fingerprint density at radius 2 is 2.14 bits per heavy atom. The summed E-state index contributed by atoms with van der Waals surface area (Å²) in [7, 11) is 0. The van der Waals surface area contributed by atoms with Crippen LogP contribution in [0, 0.1) is 0 Å². The van der Waals surface area contributed by atoms with Gasteiger partial charge in [0.05, 0.1) is 0 Å². The lowest BCUT2D eigenvalue weighted by molar-refractivity contribution is 0.174. The van der Waals surface area contributed by atoms with Gasteiger partial charge in [0.25, 0.3) is 0 Å². The Morgan fingerprint density at radius 1 is 1.36 bits per heavy atom. The van der Waals surface area contributed by atoms with Crippen molar-refractivity contribution in [3.8, 4) is 11.5 Å². The van der Waals surface area contributed by atoms with E-state index in [0.717, 1.165) is 18.0 Å². The Hall–Kier alpha value is -1.22. The van der Waals surface area contributed by atoms with Gasteiger partial charge >= 0.3 is 0 Å². The first-order valence-corrected chi connectivity index (χ1v) is 4.94. The van der Waals surface area contributed by atoms with Crippen molar-refractivity contribution in [1.82, 2.24) is 5.32 Å². The first kappa shape index (κ1) is 9.34. The smallest absolute Gasteiger partial charge is 0.231 e. The summed E-state index contributed by atoms with van der Waals surface area (Å²) >= 11 is 0. The van der Waals surface area contributed by atoms with E-state index in [0.29, 0.717) is 12.8 Å². The molecule has 0 fully saturated rings. The SMILES string of the molecule is CCNC(C)c1ccc2c(c1)OCO2. The third kappa shape index (κ3) is 1.68. The van der Waals surface area contributed by atoms with Crippen LogP contribution in [0.4, 0.5) is 0 Å². The normalized spacial score (nSPS) is 15.6. The first-order valence-electron chi connectivity index (χ1n) is 4.94. The topological polar surface area (TPSA) is 30.5 Å². The molecule has 2 rings (SSSR count). The summed E-state index contributed by atoms with van der Waals surface area (Å²) in [6.45, 7) is 5.55. The van der Waals surface area contributed by atoms with E-state index in [1.54, 1.807) is 0 Å². The zero-order valence-corrected chi connectivity index (χ0v) is 8.54. The summed E-state index contributed by atoms with van der Waals surface area (Å²) in [6.07, 6.45) is 0. The van der Waals surface area contributed by atoms with Gasteiger partial charge in [-0.05, 0) is 31.2 Å². The molecule has 3 heteroatoms. The molecule has 3 nitrogen and oxygen atoms in total. The average Bonchev–Trinajstić information content (AvgIpc) is 2.64. The molecule has 0 spiro atoms. The minimum Gasteiger partial charge on any atom is -0.454 e. The second-order valence-corrected chi connectivity index (χ2v) is 3.39. The molecule has 1 unspecified atom stereocenters. The second kappa shape index (κ2) is 3.88. The average molecular weight is 193 g/mol. The molecule has 0 aliphatic carbocycles. The van der Waals surface area contributed by atoms with Crippen LogP contribution >= 0.6 is 0 Å². The van der Waals surface area contributed by atoms with E-state index in [-0.39, 0.29) is 0 Å². The van der Waals surface area contributed by atoms with Gasteiger partial charge in [-0.3, -0.25) is 0 Å². The van der Waals surface area contributed by atoms with Crippen molar-refractivity contribution in [3.05, 3.63) is 23.8 Å². The Balaban J connectivity index is 2.19. The van der Waals surface area contributed by atoms with E-state index >= 15 is 0 Å². The lowest BCUT2D eigenvalue weighted by Gasteiger charge is -2.12. The van der Waals surface area contributed by atoms with Crippen molar-refractivity contribution >= 4 is 0 Å². The van der Waals surface area contributed by atoms with Crippen LogP contribution in [0.2, 0.25) is 0 Å². The molecule has 0 radical (unpaired) electrons. The van der Waals surface area contributed by atoms with E-state index < -0.39 is 0 Å². The van der Waals surface area contributed by atoms with E-state index in [9.17, 15) is 0 Å². The predicted octanol–water partition coefficient (Wildman–Crippen LogP) is 2.09. The van der Waals surface area contributed by atoms with E-state index in [1.807, 2.05) is 12.1 Å². The zero-order chi connectivity index (χ0) is 9.97. The summed E-state index contributed by atoms with van der Waals surface area (Å²) in [5.74, 6) is 1.70. The Morgan fingerprint density at radius 3 is 2.93 bits per heavy atom. The number of fused-ring (bicyclic) bond motifs is 1. The van der Waals surface area contributed by atoms with Gasteiger partial charge in [-0.1, -0.05) is 13.0 Å². The molecule has 1 aliphatic heterocycles. The van der Waals surface area contributed by atoms with Gasteiger partial charge in [0, 0.05) is 6.04 Å². The highest BCUT2D eigenvalue weighted by atomic mass is 16.7. The van der Waals surface area contributed by atoms with Crippen LogP contribution in [0.25, 0.3) is 0 Å². The summed E-state index contributed by atoms with van der Waals surface area (Å²) in [4.78, 5) is 0. The molecule has 0 saturated heterocycles. The Bertz CT molecular complexity index is 325. The molecule has 1 aliphatic rings. The Labute approximate surface area is 84.0 Å². The maximum absolute atomic E-state index is 5.32. The van der Waals surface area contributed by atoms with Crippen LogP contribution in [0.15, 0.2) is 18.2 Å². The maximum atomic E-state index is 5.32. The minimum atomic E-state index is 0.342. The highest BCUT2D eigenvalue weighted by molar-refractivity contribution is 5.45. The molecule has 0 amide bonds. The van der Waals surface area contributed by atoms with Crippen LogP contribution in [-0.4, -0.2) is 13.3 Å². The number of ether oxygens (including phenoxy) is 2. The molecule has 1 heterocycles. The number of rotatable bonds is 3. The van der Waals surface area contributed by atoms with Crippen molar-refractivity contribution in [1.29, 1.82) is 0 Å². The number of hydrogen-bond donors (Lipinski definition) is 1. The highest BCUT2D eigenvalue weighted by Crippen LogP contribution is 2.33. The van der Waals surface area contributed by atoms with Gasteiger partial charge in [0.2, 0.25) is 6.79 Å². The van der Waals surface area contributed by atoms with Crippen LogP contribution in [0.3, 0.4) is 0 Å². The van der Waals surface area contributed by atoms with Crippen molar-refractivity contribution < 1.29 is 9.47 Å². The lowest BCUT2D eigenvalue weighted by Crippen LogP contribution is -2.17. The fourth-order valence-electron chi connectivity index (χ4n) is 1.61. The van der Waals surface area contributed by atoms with Crippen molar-refractivity contribution in [2.45, 2.75) is 19.9 Å². The third-order valence-corrected chi connectivity index (χ3v) is 2.41. The molecule has 1 aromatic rings. The molecule has 76 valence electrons. The second-order valence-electron chi connectivity index (χ2n) is 3.39. The van der Waals surface area contributed by atoms with Crippen LogP contribution in [0.1, 0.15) is 25.5 Å². The van der Waals surface area contributed by atoms with E-state index in [2.05, 4.69) is 25.2 Å². The molecular formula is C11H15NO2. The summed E-state index contributed by atoms with van der Waals surface area (Å²) in [6, 6.07) is 6.43. The number of hydrogen-bond acceptors (Lipinski definition) is 3. The highest BCUT2D eigenvalue weighted by Gasteiger charge is 2.14. The molecular weight excluding hydrogens is 178 g/mol. The molecule has 1 atom stereocenters. The van der Waals surface area contributed by atoms with Crippen molar-refractivity contribution in [2.24, 2.45) is 0 Å². The summed E-state index contributed by atoms with van der Waals surface area (Å²) in [5, 5.41) is 3.36. The number of benzene rings is 1. The quantitative estimate of drug-likeness (QED) is 0.797. The van der Waals surface area contributed by atoms with E-state index in [4.69, 9.17) is 9.47 Å². The predicted molar refractivity (Wildman–Crippen MR) is 54.7 cm³/mol. The standard InChI is InChI=1S/C11H15NO2/c1-3-12-8(2)9-4-5-10-11(6-9)14-7-13-10/h4-6,8,12H,3,7H2,1-2H3. The van der Waals surface area contributed by atoms with Gasteiger partial charge in [0.1, 0.15) is 0 Å². The van der Waals surface area contributed by atoms with Crippen LogP contribution < -0.4 is 14.8 Å². The lowest BCUT2D eigenvalue weighted by atomic mass is 10.1. The maximum Gasteiger partial charge on any atom is 0.231 e. The van der Waals surface area contributed by atoms with Crippen LogP contribution in [0.5, 0.6) is 11.5 Å². The van der Waals surface area contributed by atoms with E-state index in [1.165, 1.54) is 5.56 Å².